The number of H-pyrrole nitrogens is 1. The van der Waals surface area contributed by atoms with E-state index in [0.29, 0.717) is 16.7 Å². The summed E-state index contributed by atoms with van der Waals surface area (Å²) in [6.07, 6.45) is 5.47. The average molecular weight is 315 g/mol. The van der Waals surface area contributed by atoms with Crippen molar-refractivity contribution < 1.29 is 0 Å². The summed E-state index contributed by atoms with van der Waals surface area (Å²) >= 11 is 0. The molecule has 1 aliphatic rings. The predicted octanol–water partition coefficient (Wildman–Crippen LogP) is 2.10. The first-order valence-corrected chi connectivity index (χ1v) is 8.42. The van der Waals surface area contributed by atoms with Gasteiger partial charge in [-0.25, -0.2) is 9.97 Å². The Bertz CT molecular complexity index is 703. The highest BCUT2D eigenvalue weighted by molar-refractivity contribution is 5.86. The number of piperidine rings is 1. The molecule has 3 rings (SSSR count). The first-order chi connectivity index (χ1) is 11.1. The van der Waals surface area contributed by atoms with Crippen LogP contribution in [-0.2, 0) is 0 Å². The van der Waals surface area contributed by atoms with E-state index < -0.39 is 0 Å². The largest absolute Gasteiger partial charge is 0.368 e. The van der Waals surface area contributed by atoms with Crippen molar-refractivity contribution >= 4 is 16.7 Å². The number of hydrogen-bond acceptors (Lipinski definition) is 5. The van der Waals surface area contributed by atoms with Crippen LogP contribution in [0.4, 0.5) is 5.82 Å². The van der Waals surface area contributed by atoms with E-state index in [-0.39, 0.29) is 5.56 Å². The Labute approximate surface area is 136 Å². The predicted molar refractivity (Wildman–Crippen MR) is 92.7 cm³/mol. The van der Waals surface area contributed by atoms with Gasteiger partial charge in [-0.2, -0.15) is 0 Å². The van der Waals surface area contributed by atoms with Crippen LogP contribution in [0.15, 0.2) is 23.4 Å². The summed E-state index contributed by atoms with van der Waals surface area (Å²) in [5.74, 6) is 2.28. The summed E-state index contributed by atoms with van der Waals surface area (Å²) in [7, 11) is 0. The molecule has 0 aliphatic carbocycles. The van der Waals surface area contributed by atoms with Crippen LogP contribution < -0.4 is 10.9 Å². The van der Waals surface area contributed by atoms with Gasteiger partial charge in [0.05, 0.1) is 11.7 Å². The lowest BCUT2D eigenvalue weighted by molar-refractivity contribution is 0.141. The number of pyridine rings is 1. The number of anilines is 1. The fourth-order valence-corrected chi connectivity index (χ4v) is 3.61. The molecular formula is C17H25N5O. The van der Waals surface area contributed by atoms with Crippen LogP contribution in [0.25, 0.3) is 10.9 Å². The smallest absolute Gasteiger partial charge is 0.258 e. The second-order valence-electron chi connectivity index (χ2n) is 6.77. The Hall–Kier alpha value is -1.95. The SMILES string of the molecule is CC1CC(C)CN(CCCNc2nccc3c(=O)[nH]cnc23)C1. The van der Waals surface area contributed by atoms with Gasteiger partial charge in [0.25, 0.3) is 5.56 Å². The topological polar surface area (TPSA) is 73.9 Å². The summed E-state index contributed by atoms with van der Waals surface area (Å²) in [5.41, 5.74) is 0.508. The van der Waals surface area contributed by atoms with Gasteiger partial charge in [-0.1, -0.05) is 13.8 Å². The zero-order chi connectivity index (χ0) is 16.2. The van der Waals surface area contributed by atoms with Crippen LogP contribution in [0.1, 0.15) is 26.7 Å². The van der Waals surface area contributed by atoms with Gasteiger partial charge in [0.1, 0.15) is 5.52 Å². The van der Waals surface area contributed by atoms with Crippen LogP contribution in [0, 0.1) is 11.8 Å². The number of aromatic nitrogens is 3. The number of rotatable bonds is 5. The van der Waals surface area contributed by atoms with Gasteiger partial charge in [0.15, 0.2) is 5.82 Å². The number of aromatic amines is 1. The summed E-state index contributed by atoms with van der Waals surface area (Å²) < 4.78 is 0. The second-order valence-corrected chi connectivity index (χ2v) is 6.77. The van der Waals surface area contributed by atoms with Crippen molar-refractivity contribution in [2.75, 3.05) is 31.5 Å². The average Bonchev–Trinajstić information content (AvgIpc) is 2.51. The summed E-state index contributed by atoms with van der Waals surface area (Å²) in [6.45, 7) is 9.01. The van der Waals surface area contributed by atoms with E-state index >= 15 is 0 Å². The number of fused-ring (bicyclic) bond motifs is 1. The van der Waals surface area contributed by atoms with Gasteiger partial charge in [0.2, 0.25) is 0 Å². The first kappa shape index (κ1) is 15.9. The van der Waals surface area contributed by atoms with Crippen molar-refractivity contribution in [1.82, 2.24) is 19.9 Å². The number of likely N-dealkylation sites (tertiary alicyclic amines) is 1. The van der Waals surface area contributed by atoms with E-state index in [0.717, 1.165) is 31.3 Å². The molecule has 2 atom stereocenters. The molecule has 3 heterocycles. The summed E-state index contributed by atoms with van der Waals surface area (Å²) in [5, 5.41) is 3.90. The first-order valence-electron chi connectivity index (χ1n) is 8.42. The molecule has 2 N–H and O–H groups in total. The normalized spacial score (nSPS) is 22.3. The molecule has 0 spiro atoms. The van der Waals surface area contributed by atoms with Gasteiger partial charge in [0, 0.05) is 25.8 Å². The maximum absolute atomic E-state index is 11.8. The number of nitrogens with zero attached hydrogens (tertiary/aromatic N) is 3. The van der Waals surface area contributed by atoms with Crippen molar-refractivity contribution in [1.29, 1.82) is 0 Å². The molecule has 6 nitrogen and oxygen atoms in total. The second kappa shape index (κ2) is 7.08. The fourth-order valence-electron chi connectivity index (χ4n) is 3.61. The van der Waals surface area contributed by atoms with Gasteiger partial charge in [-0.3, -0.25) is 4.79 Å². The summed E-state index contributed by atoms with van der Waals surface area (Å²) in [4.78, 5) is 25.5. The Morgan fingerprint density at radius 3 is 2.87 bits per heavy atom. The molecule has 6 heteroatoms. The lowest BCUT2D eigenvalue weighted by atomic mass is 9.92. The van der Waals surface area contributed by atoms with Crippen molar-refractivity contribution in [3.63, 3.8) is 0 Å². The maximum Gasteiger partial charge on any atom is 0.258 e. The molecule has 0 saturated carbocycles. The molecule has 0 aromatic carbocycles. The molecular weight excluding hydrogens is 290 g/mol. The zero-order valence-corrected chi connectivity index (χ0v) is 13.9. The van der Waals surface area contributed by atoms with E-state index in [1.165, 1.54) is 25.8 Å². The minimum atomic E-state index is -0.128. The Morgan fingerprint density at radius 1 is 1.30 bits per heavy atom. The maximum atomic E-state index is 11.8. The van der Waals surface area contributed by atoms with Gasteiger partial charge in [-0.05, 0) is 37.3 Å². The molecule has 2 aromatic rings. The minimum Gasteiger partial charge on any atom is -0.368 e. The van der Waals surface area contributed by atoms with Crippen LogP contribution >= 0.6 is 0 Å². The Kier molecular flexibility index (Phi) is 4.91. The molecule has 2 unspecified atom stereocenters. The van der Waals surface area contributed by atoms with Crippen LogP contribution in [-0.4, -0.2) is 46.0 Å². The third kappa shape index (κ3) is 3.88. The van der Waals surface area contributed by atoms with E-state index in [9.17, 15) is 4.79 Å². The van der Waals surface area contributed by atoms with Crippen molar-refractivity contribution in [3.05, 3.63) is 28.9 Å². The Morgan fingerprint density at radius 2 is 2.09 bits per heavy atom. The Balaban J connectivity index is 1.55. The van der Waals surface area contributed by atoms with Crippen LogP contribution in [0.3, 0.4) is 0 Å². The van der Waals surface area contributed by atoms with Gasteiger partial charge in [-0.15, -0.1) is 0 Å². The van der Waals surface area contributed by atoms with Crippen LogP contribution in [0.2, 0.25) is 0 Å². The molecule has 124 valence electrons. The molecule has 1 saturated heterocycles. The van der Waals surface area contributed by atoms with E-state index in [4.69, 9.17) is 0 Å². The van der Waals surface area contributed by atoms with Crippen LogP contribution in [0.5, 0.6) is 0 Å². The molecule has 0 amide bonds. The molecule has 0 radical (unpaired) electrons. The van der Waals surface area contributed by atoms with E-state index in [1.807, 2.05) is 0 Å². The lowest BCUT2D eigenvalue weighted by Crippen LogP contribution is -2.39. The monoisotopic (exact) mass is 315 g/mol. The number of hydrogen-bond donors (Lipinski definition) is 2. The highest BCUT2D eigenvalue weighted by Crippen LogP contribution is 2.21. The summed E-state index contributed by atoms with van der Waals surface area (Å²) in [6, 6.07) is 1.70. The molecule has 1 aliphatic heterocycles. The van der Waals surface area contributed by atoms with Gasteiger partial charge >= 0.3 is 0 Å². The molecule has 1 fully saturated rings. The third-order valence-corrected chi connectivity index (χ3v) is 4.45. The minimum absolute atomic E-state index is 0.128. The fraction of sp³-hybridized carbons (Fsp3) is 0.588. The quantitative estimate of drug-likeness (QED) is 0.827. The molecule has 23 heavy (non-hydrogen) atoms. The lowest BCUT2D eigenvalue weighted by Gasteiger charge is -2.34. The molecule has 0 bridgehead atoms. The molecule has 2 aromatic heterocycles. The number of nitrogens with one attached hydrogen (secondary N) is 2. The third-order valence-electron chi connectivity index (χ3n) is 4.45. The van der Waals surface area contributed by atoms with Crippen molar-refractivity contribution in [2.45, 2.75) is 26.7 Å². The van der Waals surface area contributed by atoms with E-state index in [2.05, 4.69) is 39.0 Å². The standard InChI is InChI=1S/C17H25N5O/c1-12-8-13(2)10-22(9-12)7-3-5-18-16-15-14(4-6-19-16)17(23)21-11-20-15/h4,6,11-13H,3,5,7-10H2,1-2H3,(H,18,19)(H,20,21,23). The highest BCUT2D eigenvalue weighted by Gasteiger charge is 2.20. The van der Waals surface area contributed by atoms with Crippen molar-refractivity contribution in [3.8, 4) is 0 Å². The van der Waals surface area contributed by atoms with Crippen molar-refractivity contribution in [2.24, 2.45) is 11.8 Å². The van der Waals surface area contributed by atoms with Gasteiger partial charge < -0.3 is 15.2 Å². The highest BCUT2D eigenvalue weighted by atomic mass is 16.1. The zero-order valence-electron chi connectivity index (χ0n) is 13.9. The van der Waals surface area contributed by atoms with E-state index in [1.54, 1.807) is 12.3 Å².